The molecule has 0 aliphatic rings. The molecule has 26 heavy (non-hydrogen) atoms. The van der Waals surface area contributed by atoms with Crippen molar-refractivity contribution in [2.75, 3.05) is 5.32 Å². The number of anilines is 1. The van der Waals surface area contributed by atoms with Gasteiger partial charge in [0.1, 0.15) is 5.52 Å². The van der Waals surface area contributed by atoms with Crippen LogP contribution < -0.4 is 5.32 Å². The van der Waals surface area contributed by atoms with E-state index in [2.05, 4.69) is 10.3 Å². The molecule has 128 valence electrons. The Morgan fingerprint density at radius 3 is 2.77 bits per heavy atom. The number of nitrogens with one attached hydrogen (secondary N) is 1. The second-order valence-electron chi connectivity index (χ2n) is 5.41. The van der Waals surface area contributed by atoms with Crippen molar-refractivity contribution >= 4 is 39.7 Å². The zero-order valence-electron chi connectivity index (χ0n) is 13.2. The Kier molecular flexibility index (Phi) is 3.94. The lowest BCUT2D eigenvalue weighted by molar-refractivity contribution is -0.384. The van der Waals surface area contributed by atoms with Crippen molar-refractivity contribution in [3.05, 3.63) is 75.0 Å². The van der Waals surface area contributed by atoms with Gasteiger partial charge in [-0.3, -0.25) is 14.9 Å². The van der Waals surface area contributed by atoms with E-state index in [1.54, 1.807) is 36.4 Å². The molecule has 2 aromatic heterocycles. The minimum atomic E-state index is -0.483. The lowest BCUT2D eigenvalue weighted by Gasteiger charge is -2.07. The highest BCUT2D eigenvalue weighted by atomic mass is 32.1. The molecule has 0 fully saturated rings. The summed E-state index contributed by atoms with van der Waals surface area (Å²) in [6, 6.07) is 14.9. The summed E-state index contributed by atoms with van der Waals surface area (Å²) in [7, 11) is 0. The number of hydrogen-bond acceptors (Lipinski definition) is 6. The Morgan fingerprint density at radius 2 is 2.00 bits per heavy atom. The fourth-order valence-electron chi connectivity index (χ4n) is 2.51. The summed E-state index contributed by atoms with van der Waals surface area (Å²) < 4.78 is 5.72. The van der Waals surface area contributed by atoms with Crippen LogP contribution in [-0.4, -0.2) is 15.8 Å². The molecule has 4 aromatic rings. The van der Waals surface area contributed by atoms with Gasteiger partial charge in [-0.15, -0.1) is 11.3 Å². The minimum absolute atomic E-state index is 0.0587. The zero-order valence-corrected chi connectivity index (χ0v) is 14.0. The third kappa shape index (κ3) is 2.93. The van der Waals surface area contributed by atoms with Crippen LogP contribution >= 0.6 is 11.3 Å². The molecule has 0 aliphatic heterocycles. The van der Waals surface area contributed by atoms with E-state index in [0.717, 1.165) is 0 Å². The van der Waals surface area contributed by atoms with Crippen LogP contribution in [-0.2, 0) is 0 Å². The number of carbonyl (C=O) groups excluding carboxylic acids is 1. The maximum atomic E-state index is 12.3. The third-order valence-electron chi connectivity index (χ3n) is 3.73. The first kappa shape index (κ1) is 16.0. The summed E-state index contributed by atoms with van der Waals surface area (Å²) in [5.74, 6) is 0.0572. The van der Waals surface area contributed by atoms with E-state index < -0.39 is 4.92 Å². The monoisotopic (exact) mass is 365 g/mol. The minimum Gasteiger partial charge on any atom is -0.436 e. The van der Waals surface area contributed by atoms with Crippen LogP contribution in [0.1, 0.15) is 9.67 Å². The highest BCUT2D eigenvalue weighted by Crippen LogP contribution is 2.31. The molecule has 0 radical (unpaired) electrons. The van der Waals surface area contributed by atoms with E-state index >= 15 is 0 Å². The van der Waals surface area contributed by atoms with E-state index in [1.165, 1.54) is 29.5 Å². The smallest absolute Gasteiger partial charge is 0.271 e. The van der Waals surface area contributed by atoms with E-state index in [0.29, 0.717) is 27.2 Å². The largest absolute Gasteiger partial charge is 0.436 e. The predicted octanol–water partition coefficient (Wildman–Crippen LogP) is 4.72. The number of para-hydroxylation sites is 1. The number of nitro groups is 1. The fourth-order valence-corrected chi connectivity index (χ4v) is 3.13. The second kappa shape index (κ2) is 6.41. The van der Waals surface area contributed by atoms with Crippen LogP contribution in [0.2, 0.25) is 0 Å². The summed E-state index contributed by atoms with van der Waals surface area (Å²) in [6.45, 7) is 0. The van der Waals surface area contributed by atoms with Gasteiger partial charge in [-0.05, 0) is 29.6 Å². The van der Waals surface area contributed by atoms with E-state index in [9.17, 15) is 14.9 Å². The number of oxazole rings is 1. The van der Waals surface area contributed by atoms with Crippen LogP contribution in [0.15, 0.2) is 64.4 Å². The van der Waals surface area contributed by atoms with Crippen LogP contribution in [0, 0.1) is 10.1 Å². The van der Waals surface area contributed by atoms with Crippen LogP contribution in [0.25, 0.3) is 22.6 Å². The first-order valence-electron chi connectivity index (χ1n) is 7.61. The quantitative estimate of drug-likeness (QED) is 0.417. The van der Waals surface area contributed by atoms with Gasteiger partial charge >= 0.3 is 0 Å². The molecule has 2 heterocycles. The number of benzene rings is 2. The highest BCUT2D eigenvalue weighted by molar-refractivity contribution is 7.12. The zero-order chi connectivity index (χ0) is 18.1. The molecule has 0 aliphatic carbocycles. The summed E-state index contributed by atoms with van der Waals surface area (Å²) in [6.07, 6.45) is 0. The van der Waals surface area contributed by atoms with Gasteiger partial charge in [0.2, 0.25) is 5.89 Å². The van der Waals surface area contributed by atoms with Crippen molar-refractivity contribution in [3.63, 3.8) is 0 Å². The number of fused-ring (bicyclic) bond motifs is 1. The van der Waals surface area contributed by atoms with Crippen molar-refractivity contribution < 1.29 is 14.1 Å². The first-order chi connectivity index (χ1) is 12.6. The molecule has 4 rings (SSSR count). The number of nitrogens with zero attached hydrogens (tertiary/aromatic N) is 2. The van der Waals surface area contributed by atoms with Crippen LogP contribution in [0.5, 0.6) is 0 Å². The van der Waals surface area contributed by atoms with Crippen molar-refractivity contribution in [1.82, 2.24) is 4.98 Å². The molecule has 0 saturated heterocycles. The molecule has 0 bridgehead atoms. The molecule has 0 atom stereocenters. The van der Waals surface area contributed by atoms with Crippen LogP contribution in [0.3, 0.4) is 0 Å². The number of non-ortho nitro benzene ring substituents is 1. The lowest BCUT2D eigenvalue weighted by Crippen LogP contribution is -2.10. The summed E-state index contributed by atoms with van der Waals surface area (Å²) in [5.41, 5.74) is 1.90. The number of nitro benzene ring substituents is 1. The molecule has 8 heteroatoms. The van der Waals surface area contributed by atoms with Gasteiger partial charge in [0.25, 0.3) is 11.6 Å². The van der Waals surface area contributed by atoms with Crippen LogP contribution in [0.4, 0.5) is 11.4 Å². The summed E-state index contributed by atoms with van der Waals surface area (Å²) >= 11 is 1.35. The Morgan fingerprint density at radius 1 is 1.15 bits per heavy atom. The molecular formula is C18H11N3O4S. The first-order valence-corrected chi connectivity index (χ1v) is 8.49. The standard InChI is InChI=1S/C18H11N3O4S/c22-17(16-6-3-9-26-16)19-13-5-2-1-4-12(13)18-20-14-10-11(21(23)24)7-8-15(14)25-18/h1-10H,(H,19,22). The van der Waals surface area contributed by atoms with Crippen molar-refractivity contribution in [2.45, 2.75) is 0 Å². The van der Waals surface area contributed by atoms with E-state index in [4.69, 9.17) is 4.42 Å². The predicted molar refractivity (Wildman–Crippen MR) is 98.4 cm³/mol. The molecule has 0 spiro atoms. The Balaban J connectivity index is 1.73. The van der Waals surface area contributed by atoms with Crippen molar-refractivity contribution in [1.29, 1.82) is 0 Å². The molecule has 0 unspecified atom stereocenters. The molecule has 2 aromatic carbocycles. The molecular weight excluding hydrogens is 354 g/mol. The average molecular weight is 365 g/mol. The van der Waals surface area contributed by atoms with Gasteiger partial charge in [-0.25, -0.2) is 4.98 Å². The van der Waals surface area contributed by atoms with Gasteiger partial charge in [0.15, 0.2) is 5.58 Å². The summed E-state index contributed by atoms with van der Waals surface area (Å²) in [4.78, 5) is 27.7. The normalized spacial score (nSPS) is 10.8. The van der Waals surface area contributed by atoms with Crippen molar-refractivity contribution in [2.24, 2.45) is 0 Å². The third-order valence-corrected chi connectivity index (χ3v) is 4.60. The lowest BCUT2D eigenvalue weighted by atomic mass is 10.1. The number of thiophene rings is 1. The number of aromatic nitrogens is 1. The Hall–Kier alpha value is -3.52. The van der Waals surface area contributed by atoms with E-state index in [1.807, 2.05) is 5.38 Å². The number of carbonyl (C=O) groups is 1. The molecule has 7 nitrogen and oxygen atoms in total. The fraction of sp³-hybridized carbons (Fsp3) is 0. The molecule has 1 amide bonds. The second-order valence-corrected chi connectivity index (χ2v) is 6.35. The van der Waals surface area contributed by atoms with E-state index in [-0.39, 0.29) is 17.5 Å². The summed E-state index contributed by atoms with van der Waals surface area (Å²) in [5, 5.41) is 15.6. The van der Waals surface area contributed by atoms with Gasteiger partial charge < -0.3 is 9.73 Å². The maximum Gasteiger partial charge on any atom is 0.271 e. The number of amides is 1. The van der Waals surface area contributed by atoms with Gasteiger partial charge in [0.05, 0.1) is 21.1 Å². The van der Waals surface area contributed by atoms with Gasteiger partial charge in [-0.2, -0.15) is 0 Å². The number of hydrogen-bond donors (Lipinski definition) is 1. The Labute approximate surface area is 151 Å². The van der Waals surface area contributed by atoms with Gasteiger partial charge in [-0.1, -0.05) is 18.2 Å². The topological polar surface area (TPSA) is 98.3 Å². The number of rotatable bonds is 4. The Bertz CT molecular complexity index is 1120. The maximum absolute atomic E-state index is 12.3. The SMILES string of the molecule is O=C(Nc1ccccc1-c1nc2cc([N+](=O)[O-])ccc2o1)c1cccs1. The molecule has 1 N–H and O–H groups in total. The molecule has 0 saturated carbocycles. The van der Waals surface area contributed by atoms with Gasteiger partial charge in [0, 0.05) is 12.1 Å². The van der Waals surface area contributed by atoms with Crippen molar-refractivity contribution in [3.8, 4) is 11.5 Å². The highest BCUT2D eigenvalue weighted by Gasteiger charge is 2.16. The average Bonchev–Trinajstić information content (AvgIpc) is 3.31.